The molecule has 0 saturated heterocycles. The van der Waals surface area contributed by atoms with Crippen molar-refractivity contribution < 1.29 is 13.7 Å². The van der Waals surface area contributed by atoms with Crippen LogP contribution in [0, 0.1) is 6.92 Å². The minimum Gasteiger partial charge on any atom is -0.368 e. The summed E-state index contributed by atoms with van der Waals surface area (Å²) < 4.78 is 27.7. The van der Waals surface area contributed by atoms with Crippen molar-refractivity contribution in [2.75, 3.05) is 11.1 Å². The van der Waals surface area contributed by atoms with E-state index in [1.807, 2.05) is 0 Å². The molecule has 1 aromatic heterocycles. The van der Waals surface area contributed by atoms with Gasteiger partial charge in [-0.15, -0.1) is 0 Å². The molecule has 6 N–H and O–H groups in total. The van der Waals surface area contributed by atoms with Gasteiger partial charge in [-0.2, -0.15) is 15.0 Å². The first-order chi connectivity index (χ1) is 9.25. The lowest BCUT2D eigenvalue weighted by Gasteiger charge is -2.21. The zero-order chi connectivity index (χ0) is 14.9. The average Bonchev–Trinajstić information content (AvgIpc) is 2.25. The lowest BCUT2D eigenvalue weighted by atomic mass is 10.2. The molecule has 10 heteroatoms. The van der Waals surface area contributed by atoms with Gasteiger partial charge in [0.25, 0.3) is 0 Å². The maximum Gasteiger partial charge on any atom is 0.233 e. The number of aryl methyl sites for hydroxylation is 1. The molecule has 0 bridgehead atoms. The SMILES string of the molecule is C.Cc1cc(Nc2nc(N)nc(Cl)n2)ccc1S(O)(O)O. The van der Waals surface area contributed by atoms with Crippen LogP contribution in [0.4, 0.5) is 17.6 Å². The highest BCUT2D eigenvalue weighted by molar-refractivity contribution is 8.19. The quantitative estimate of drug-likeness (QED) is 0.576. The van der Waals surface area contributed by atoms with Crippen LogP contribution in [0.2, 0.25) is 5.28 Å². The molecule has 0 radical (unpaired) electrons. The van der Waals surface area contributed by atoms with Crippen LogP contribution in [0.25, 0.3) is 0 Å². The largest absolute Gasteiger partial charge is 0.368 e. The molecule has 0 aliphatic rings. The second kappa shape index (κ2) is 6.41. The maximum atomic E-state index is 9.23. The van der Waals surface area contributed by atoms with Gasteiger partial charge < -0.3 is 24.7 Å². The summed E-state index contributed by atoms with van der Waals surface area (Å²) in [5.41, 5.74) is 6.50. The Morgan fingerprint density at radius 3 is 2.38 bits per heavy atom. The summed E-state index contributed by atoms with van der Waals surface area (Å²) >= 11 is 5.65. The zero-order valence-electron chi connectivity index (χ0n) is 10.3. The monoisotopic (exact) mass is 333 g/mol. The molecule has 0 aliphatic carbocycles. The summed E-state index contributed by atoms with van der Waals surface area (Å²) in [6.45, 7) is 1.62. The van der Waals surface area contributed by atoms with E-state index < -0.39 is 10.9 Å². The van der Waals surface area contributed by atoms with Crippen molar-refractivity contribution in [3.8, 4) is 0 Å². The Bertz CT molecular complexity index is 630. The van der Waals surface area contributed by atoms with Gasteiger partial charge in [0.05, 0.1) is 4.90 Å². The lowest BCUT2D eigenvalue weighted by molar-refractivity contribution is 0.375. The first-order valence-electron chi connectivity index (χ1n) is 5.31. The number of nitrogens with two attached hydrogens (primary N) is 1. The van der Waals surface area contributed by atoms with Crippen molar-refractivity contribution >= 4 is 40.1 Å². The first kappa shape index (κ1) is 17.4. The molecule has 1 aromatic carbocycles. The molecule has 0 amide bonds. The van der Waals surface area contributed by atoms with E-state index >= 15 is 0 Å². The molecule has 2 rings (SSSR count). The number of hydrogen-bond acceptors (Lipinski definition) is 8. The van der Waals surface area contributed by atoms with E-state index in [-0.39, 0.29) is 29.5 Å². The maximum absolute atomic E-state index is 9.23. The number of benzene rings is 1. The van der Waals surface area contributed by atoms with E-state index in [9.17, 15) is 13.7 Å². The highest BCUT2D eigenvalue weighted by Gasteiger charge is 2.18. The Morgan fingerprint density at radius 2 is 1.86 bits per heavy atom. The Morgan fingerprint density at radius 1 is 1.19 bits per heavy atom. The van der Waals surface area contributed by atoms with Gasteiger partial charge in [0, 0.05) is 5.69 Å². The van der Waals surface area contributed by atoms with Gasteiger partial charge in [0.2, 0.25) is 17.2 Å². The van der Waals surface area contributed by atoms with Crippen LogP contribution in [0.3, 0.4) is 0 Å². The predicted octanol–water partition coefficient (Wildman–Crippen LogP) is 3.38. The lowest BCUT2D eigenvalue weighted by Crippen LogP contribution is -2.04. The summed E-state index contributed by atoms with van der Waals surface area (Å²) in [5.74, 6) is 0.135. The van der Waals surface area contributed by atoms with Crippen molar-refractivity contribution in [3.63, 3.8) is 0 Å². The van der Waals surface area contributed by atoms with Gasteiger partial charge in [-0.3, -0.25) is 0 Å². The fourth-order valence-electron chi connectivity index (χ4n) is 1.58. The molecule has 21 heavy (non-hydrogen) atoms. The van der Waals surface area contributed by atoms with Crippen molar-refractivity contribution in [3.05, 3.63) is 29.0 Å². The van der Waals surface area contributed by atoms with E-state index in [2.05, 4.69) is 20.3 Å². The fourth-order valence-corrected chi connectivity index (χ4v) is 2.49. The molecule has 8 nitrogen and oxygen atoms in total. The molecule has 0 saturated carbocycles. The molecule has 0 unspecified atom stereocenters. The van der Waals surface area contributed by atoms with E-state index in [1.165, 1.54) is 12.1 Å². The van der Waals surface area contributed by atoms with Crippen molar-refractivity contribution in [1.82, 2.24) is 15.0 Å². The third kappa shape index (κ3) is 4.41. The number of aromatic nitrogens is 3. The molecule has 0 aliphatic heterocycles. The van der Waals surface area contributed by atoms with Gasteiger partial charge >= 0.3 is 0 Å². The Hall–Kier alpha value is -1.65. The van der Waals surface area contributed by atoms with Gasteiger partial charge in [0.1, 0.15) is 10.9 Å². The van der Waals surface area contributed by atoms with Crippen molar-refractivity contribution in [2.24, 2.45) is 0 Å². The standard InChI is InChI=1S/C10H12ClN5O3S.CH4/c1-5-4-6(2-3-7(5)20(17,18)19)13-10-15-8(11)14-9(12)16-10;/h2-4,17-19H,1H3,(H3,12,13,14,15,16);1H4. The van der Waals surface area contributed by atoms with Crippen LogP contribution in [-0.4, -0.2) is 28.6 Å². The summed E-state index contributed by atoms with van der Waals surface area (Å²) in [4.78, 5) is 11.4. The van der Waals surface area contributed by atoms with Crippen LogP contribution < -0.4 is 11.1 Å². The molecule has 0 fully saturated rings. The third-order valence-corrected chi connectivity index (χ3v) is 3.57. The Balaban J connectivity index is 0.00000220. The smallest absolute Gasteiger partial charge is 0.233 e. The van der Waals surface area contributed by atoms with Crippen LogP contribution in [0.15, 0.2) is 23.1 Å². The van der Waals surface area contributed by atoms with Gasteiger partial charge in [-0.1, -0.05) is 7.43 Å². The fraction of sp³-hybridized carbons (Fsp3) is 0.182. The number of halogens is 1. The Kier molecular flexibility index (Phi) is 5.31. The number of hydrogen-bond donors (Lipinski definition) is 5. The van der Waals surface area contributed by atoms with Crippen molar-refractivity contribution in [1.29, 1.82) is 0 Å². The van der Waals surface area contributed by atoms with Crippen LogP contribution in [0.5, 0.6) is 0 Å². The summed E-state index contributed by atoms with van der Waals surface area (Å²) in [5, 5.41) is 2.80. The minimum absolute atomic E-state index is 0. The Labute approximate surface area is 128 Å². The van der Waals surface area contributed by atoms with Gasteiger partial charge in [-0.05, 0) is 42.3 Å². The number of rotatable bonds is 3. The summed E-state index contributed by atoms with van der Waals surface area (Å²) in [6, 6.07) is 4.51. The highest BCUT2D eigenvalue weighted by Crippen LogP contribution is 2.45. The summed E-state index contributed by atoms with van der Waals surface area (Å²) in [6.07, 6.45) is 0. The van der Waals surface area contributed by atoms with Gasteiger partial charge in [-0.25, -0.2) is 0 Å². The van der Waals surface area contributed by atoms with E-state index in [0.29, 0.717) is 11.3 Å². The molecule has 0 atom stereocenters. The topological polar surface area (TPSA) is 137 Å². The second-order valence-electron chi connectivity index (χ2n) is 3.91. The number of nitrogens with one attached hydrogen (secondary N) is 1. The number of nitrogens with zero attached hydrogens (tertiary/aromatic N) is 3. The highest BCUT2D eigenvalue weighted by atomic mass is 35.5. The molecule has 116 valence electrons. The molecule has 1 heterocycles. The molecule has 2 aromatic rings. The predicted molar refractivity (Wildman–Crippen MR) is 84.2 cm³/mol. The molecule has 0 spiro atoms. The molecular formula is C11H16ClN5O3S. The minimum atomic E-state index is -3.75. The van der Waals surface area contributed by atoms with Crippen LogP contribution in [-0.2, 0) is 0 Å². The van der Waals surface area contributed by atoms with Crippen molar-refractivity contribution in [2.45, 2.75) is 19.2 Å². The number of anilines is 3. The zero-order valence-corrected chi connectivity index (χ0v) is 11.9. The second-order valence-corrected chi connectivity index (χ2v) is 5.73. The van der Waals surface area contributed by atoms with Gasteiger partial charge in [0.15, 0.2) is 0 Å². The average molecular weight is 334 g/mol. The van der Waals surface area contributed by atoms with E-state index in [0.717, 1.165) is 0 Å². The number of nitrogen functional groups attached to an aromatic ring is 1. The van der Waals surface area contributed by atoms with Crippen LogP contribution >= 0.6 is 22.5 Å². The normalized spacial score (nSPS) is 11.7. The third-order valence-electron chi connectivity index (χ3n) is 2.35. The summed E-state index contributed by atoms with van der Waals surface area (Å²) in [7, 11) is -3.75. The molecular weight excluding hydrogens is 318 g/mol. The first-order valence-corrected chi connectivity index (χ1v) is 7.19. The van der Waals surface area contributed by atoms with E-state index in [1.54, 1.807) is 13.0 Å². The van der Waals surface area contributed by atoms with E-state index in [4.69, 9.17) is 17.3 Å². The van der Waals surface area contributed by atoms with Crippen LogP contribution in [0.1, 0.15) is 13.0 Å².